The third-order valence-corrected chi connectivity index (χ3v) is 4.62. The molecule has 0 radical (unpaired) electrons. The Labute approximate surface area is 164 Å². The maximum absolute atomic E-state index is 13.1. The lowest BCUT2D eigenvalue weighted by Crippen LogP contribution is -2.32. The Morgan fingerprint density at radius 1 is 1.25 bits per heavy atom. The Balaban J connectivity index is 2.12. The van der Waals surface area contributed by atoms with E-state index in [1.807, 2.05) is 45.0 Å². The van der Waals surface area contributed by atoms with Crippen molar-refractivity contribution in [2.45, 2.75) is 45.8 Å². The summed E-state index contributed by atoms with van der Waals surface area (Å²) in [7, 11) is 0. The maximum atomic E-state index is 13.1. The van der Waals surface area contributed by atoms with Gasteiger partial charge in [-0.2, -0.15) is 0 Å². The number of carbonyl (C=O) groups is 2. The molecule has 1 unspecified atom stereocenters. The van der Waals surface area contributed by atoms with Gasteiger partial charge in [0, 0.05) is 12.1 Å². The van der Waals surface area contributed by atoms with E-state index in [2.05, 4.69) is 0 Å². The first-order valence-electron chi connectivity index (χ1n) is 9.53. The number of furan rings is 1. The first kappa shape index (κ1) is 19.7. The average molecular weight is 383 g/mol. The number of para-hydroxylation sites is 1. The number of ketones is 1. The van der Waals surface area contributed by atoms with Crippen molar-refractivity contribution in [3.8, 4) is 5.75 Å². The van der Waals surface area contributed by atoms with Crippen molar-refractivity contribution in [3.63, 3.8) is 0 Å². The summed E-state index contributed by atoms with van der Waals surface area (Å²) in [6.07, 6.45) is 2.94. The summed E-state index contributed by atoms with van der Waals surface area (Å²) in [5.41, 5.74) is 0.690. The second-order valence-electron chi connectivity index (χ2n) is 7.03. The minimum atomic E-state index is -0.730. The molecule has 0 saturated carbocycles. The van der Waals surface area contributed by atoms with Gasteiger partial charge in [0.2, 0.25) is 5.78 Å². The van der Waals surface area contributed by atoms with Crippen LogP contribution >= 0.6 is 0 Å². The molecule has 1 aromatic heterocycles. The lowest BCUT2D eigenvalue weighted by Gasteiger charge is -2.28. The zero-order valence-electron chi connectivity index (χ0n) is 16.3. The van der Waals surface area contributed by atoms with Crippen LogP contribution in [0.15, 0.2) is 58.4 Å². The van der Waals surface area contributed by atoms with Crippen molar-refractivity contribution >= 4 is 11.7 Å². The number of ether oxygens (including phenoxy) is 1. The number of nitrogens with zero attached hydrogens (tertiary/aromatic N) is 1. The van der Waals surface area contributed by atoms with Crippen LogP contribution < -0.4 is 4.74 Å². The predicted octanol–water partition coefficient (Wildman–Crippen LogP) is 4.45. The van der Waals surface area contributed by atoms with Crippen LogP contribution in [0.25, 0.3) is 0 Å². The molecule has 3 rings (SSSR count). The smallest absolute Gasteiger partial charge is 0.290 e. The molecule has 148 valence electrons. The number of hydrogen-bond donors (Lipinski definition) is 1. The van der Waals surface area contributed by atoms with Crippen molar-refractivity contribution in [3.05, 3.63) is 65.3 Å². The second kappa shape index (κ2) is 8.33. The van der Waals surface area contributed by atoms with Gasteiger partial charge in [-0.15, -0.1) is 0 Å². The van der Waals surface area contributed by atoms with Crippen molar-refractivity contribution in [1.29, 1.82) is 0 Å². The zero-order valence-corrected chi connectivity index (χ0v) is 16.3. The molecule has 6 nitrogen and oxygen atoms in total. The summed E-state index contributed by atoms with van der Waals surface area (Å²) in [6.45, 7) is 6.27. The highest BCUT2D eigenvalue weighted by Gasteiger charge is 2.45. The molecule has 28 heavy (non-hydrogen) atoms. The predicted molar refractivity (Wildman–Crippen MR) is 104 cm³/mol. The molecule has 0 spiro atoms. The fourth-order valence-corrected chi connectivity index (χ4v) is 3.38. The molecule has 0 fully saturated rings. The molecule has 0 saturated heterocycles. The Hall–Kier alpha value is -3.02. The topological polar surface area (TPSA) is 80.0 Å². The fourth-order valence-electron chi connectivity index (χ4n) is 3.38. The number of Topliss-reactive ketones (excluding diaryl/α,β-unsaturated/α-hetero) is 1. The quantitative estimate of drug-likeness (QED) is 0.682. The van der Waals surface area contributed by atoms with Gasteiger partial charge in [0.15, 0.2) is 11.5 Å². The third kappa shape index (κ3) is 3.67. The number of aliphatic hydroxyl groups excluding tert-OH is 1. The molecule has 6 heteroatoms. The lowest BCUT2D eigenvalue weighted by atomic mass is 9.94. The van der Waals surface area contributed by atoms with Gasteiger partial charge in [-0.3, -0.25) is 9.59 Å². The number of aliphatic hydroxyl groups is 1. The number of amides is 1. The number of carbonyl (C=O) groups excluding carboxylic acids is 2. The van der Waals surface area contributed by atoms with Crippen LogP contribution in [0.4, 0.5) is 0 Å². The number of benzene rings is 1. The molecule has 1 amide bonds. The van der Waals surface area contributed by atoms with Crippen molar-refractivity contribution in [2.75, 3.05) is 6.54 Å². The van der Waals surface area contributed by atoms with E-state index >= 15 is 0 Å². The number of rotatable bonds is 8. The first-order valence-corrected chi connectivity index (χ1v) is 9.53. The largest absolute Gasteiger partial charge is 0.503 e. The van der Waals surface area contributed by atoms with Crippen LogP contribution in [0.1, 0.15) is 55.8 Å². The standard InChI is InChI=1S/C22H25NO5/c1-4-5-12-23-19(15-9-6-7-10-16(15)28-14(2)3)18(21(25)22(23)26)20(24)17-11-8-13-27-17/h6-11,13-14,19,25H,4-5,12H2,1-3H3. The van der Waals surface area contributed by atoms with Crippen LogP contribution in [-0.2, 0) is 4.79 Å². The minimum absolute atomic E-state index is 0.0239. The van der Waals surface area contributed by atoms with Gasteiger partial charge in [-0.25, -0.2) is 0 Å². The van der Waals surface area contributed by atoms with Gasteiger partial charge in [-0.05, 0) is 38.5 Å². The molecule has 0 aliphatic carbocycles. The van der Waals surface area contributed by atoms with Crippen LogP contribution in [0.5, 0.6) is 5.75 Å². The summed E-state index contributed by atoms with van der Waals surface area (Å²) in [5.74, 6) is -0.913. The van der Waals surface area contributed by atoms with E-state index in [9.17, 15) is 14.7 Å². The average Bonchev–Trinajstić information content (AvgIpc) is 3.28. The molecule has 2 heterocycles. The monoisotopic (exact) mass is 383 g/mol. The highest BCUT2D eigenvalue weighted by Crippen LogP contribution is 2.42. The second-order valence-corrected chi connectivity index (χ2v) is 7.03. The van der Waals surface area contributed by atoms with Crippen LogP contribution in [-0.4, -0.2) is 34.3 Å². The highest BCUT2D eigenvalue weighted by molar-refractivity contribution is 6.15. The molecular formula is C22H25NO5. The van der Waals surface area contributed by atoms with Crippen LogP contribution in [0, 0.1) is 0 Å². The zero-order chi connectivity index (χ0) is 20.3. The molecule has 1 atom stereocenters. The Kier molecular flexibility index (Phi) is 5.87. The van der Waals surface area contributed by atoms with Crippen molar-refractivity contribution in [2.24, 2.45) is 0 Å². The van der Waals surface area contributed by atoms with Gasteiger partial charge in [0.05, 0.1) is 24.0 Å². The Morgan fingerprint density at radius 3 is 2.64 bits per heavy atom. The summed E-state index contributed by atoms with van der Waals surface area (Å²) in [4.78, 5) is 27.4. The SMILES string of the molecule is CCCCN1C(=O)C(O)=C(C(=O)c2ccco2)C1c1ccccc1OC(C)C. The maximum Gasteiger partial charge on any atom is 0.290 e. The van der Waals surface area contributed by atoms with Crippen molar-refractivity contribution < 1.29 is 23.8 Å². The summed E-state index contributed by atoms with van der Waals surface area (Å²) in [5, 5.41) is 10.6. The van der Waals surface area contributed by atoms with Gasteiger partial charge >= 0.3 is 0 Å². The normalized spacial score (nSPS) is 16.9. The third-order valence-electron chi connectivity index (χ3n) is 4.62. The van der Waals surface area contributed by atoms with E-state index in [0.29, 0.717) is 17.9 Å². The molecule has 1 aromatic carbocycles. The minimum Gasteiger partial charge on any atom is -0.503 e. The van der Waals surface area contributed by atoms with E-state index in [0.717, 1.165) is 12.8 Å². The van der Waals surface area contributed by atoms with Crippen LogP contribution in [0.2, 0.25) is 0 Å². The van der Waals surface area contributed by atoms with Gasteiger partial charge < -0.3 is 19.2 Å². The Bertz CT molecular complexity index is 882. The van der Waals surface area contributed by atoms with Gasteiger partial charge in [0.25, 0.3) is 5.91 Å². The molecule has 2 aromatic rings. The number of hydrogen-bond acceptors (Lipinski definition) is 5. The number of unbranched alkanes of at least 4 members (excludes halogenated alkanes) is 1. The molecule has 1 aliphatic heterocycles. The van der Waals surface area contributed by atoms with Crippen molar-refractivity contribution in [1.82, 2.24) is 4.90 Å². The summed E-state index contributed by atoms with van der Waals surface area (Å²) >= 11 is 0. The van der Waals surface area contributed by atoms with Gasteiger partial charge in [-0.1, -0.05) is 31.5 Å². The van der Waals surface area contributed by atoms with E-state index in [1.165, 1.54) is 17.2 Å². The lowest BCUT2D eigenvalue weighted by molar-refractivity contribution is -0.129. The molecular weight excluding hydrogens is 358 g/mol. The van der Waals surface area contributed by atoms with E-state index < -0.39 is 23.5 Å². The highest BCUT2D eigenvalue weighted by atomic mass is 16.5. The molecule has 1 N–H and O–H groups in total. The van der Waals surface area contributed by atoms with Gasteiger partial charge in [0.1, 0.15) is 5.75 Å². The fraction of sp³-hybridized carbons (Fsp3) is 0.364. The Morgan fingerprint density at radius 2 is 2.00 bits per heavy atom. The summed E-state index contributed by atoms with van der Waals surface area (Å²) in [6, 6.07) is 9.69. The van der Waals surface area contributed by atoms with E-state index in [1.54, 1.807) is 6.07 Å². The first-order chi connectivity index (χ1) is 13.5. The molecule has 1 aliphatic rings. The van der Waals surface area contributed by atoms with E-state index in [4.69, 9.17) is 9.15 Å². The van der Waals surface area contributed by atoms with E-state index in [-0.39, 0.29) is 17.4 Å². The van der Waals surface area contributed by atoms with Crippen LogP contribution in [0.3, 0.4) is 0 Å². The summed E-state index contributed by atoms with van der Waals surface area (Å²) < 4.78 is 11.2. The molecule has 0 bridgehead atoms.